The predicted molar refractivity (Wildman–Crippen MR) is 62.8 cm³/mol. The number of carbonyl (C=O) groups is 1. The number of esters is 1. The largest absolute Gasteiger partial charge is 0.460 e. The summed E-state index contributed by atoms with van der Waals surface area (Å²) in [5, 5.41) is 3.30. The van der Waals surface area contributed by atoms with Crippen molar-refractivity contribution < 1.29 is 9.53 Å². The quantitative estimate of drug-likeness (QED) is 0.715. The van der Waals surface area contributed by atoms with Gasteiger partial charge in [-0.2, -0.15) is 0 Å². The lowest BCUT2D eigenvalue weighted by Gasteiger charge is -2.23. The van der Waals surface area contributed by atoms with Crippen LogP contribution in [0.3, 0.4) is 0 Å². The average Bonchev–Trinajstić information content (AvgIpc) is 2.10. The first-order chi connectivity index (χ1) is 6.76. The van der Waals surface area contributed by atoms with E-state index in [-0.39, 0.29) is 17.5 Å². The summed E-state index contributed by atoms with van der Waals surface area (Å²) in [4.78, 5) is 11.6. The molecule has 0 aromatic rings. The van der Waals surface area contributed by atoms with E-state index < -0.39 is 0 Å². The molecule has 0 unspecified atom stereocenters. The van der Waals surface area contributed by atoms with Gasteiger partial charge in [0.05, 0.1) is 5.92 Å². The molecule has 0 radical (unpaired) electrons. The van der Waals surface area contributed by atoms with Crippen LogP contribution in [-0.4, -0.2) is 24.2 Å². The zero-order valence-corrected chi connectivity index (χ0v) is 10.9. The van der Waals surface area contributed by atoms with Gasteiger partial charge < -0.3 is 10.1 Å². The highest BCUT2D eigenvalue weighted by molar-refractivity contribution is 5.72. The van der Waals surface area contributed by atoms with Crippen molar-refractivity contribution >= 4 is 5.97 Å². The Morgan fingerprint density at radius 3 is 2.27 bits per heavy atom. The lowest BCUT2D eigenvalue weighted by atomic mass is 10.1. The summed E-state index contributed by atoms with van der Waals surface area (Å²) in [6.07, 6.45) is 1.07. The number of hydrogen-bond acceptors (Lipinski definition) is 3. The SMILES string of the molecule is CC[C@H](C)NC[C@H](C)C(=O)OC(C)(C)C. The van der Waals surface area contributed by atoms with Crippen molar-refractivity contribution in [3.63, 3.8) is 0 Å². The first-order valence-corrected chi connectivity index (χ1v) is 5.72. The van der Waals surface area contributed by atoms with Crippen LogP contribution in [0.15, 0.2) is 0 Å². The second-order valence-electron chi connectivity index (χ2n) is 5.15. The Bertz CT molecular complexity index is 196. The first-order valence-electron chi connectivity index (χ1n) is 5.72. The van der Waals surface area contributed by atoms with E-state index in [2.05, 4.69) is 19.2 Å². The first kappa shape index (κ1) is 14.4. The minimum absolute atomic E-state index is 0.0850. The Morgan fingerprint density at radius 1 is 1.33 bits per heavy atom. The fraction of sp³-hybridized carbons (Fsp3) is 0.917. The highest BCUT2D eigenvalue weighted by Crippen LogP contribution is 2.10. The molecule has 3 nitrogen and oxygen atoms in total. The molecule has 0 aromatic carbocycles. The molecule has 0 aliphatic heterocycles. The summed E-state index contributed by atoms with van der Waals surface area (Å²) >= 11 is 0. The van der Waals surface area contributed by atoms with Gasteiger partial charge in [-0.25, -0.2) is 0 Å². The molecule has 0 aliphatic rings. The van der Waals surface area contributed by atoms with Crippen molar-refractivity contribution in [2.24, 2.45) is 5.92 Å². The zero-order chi connectivity index (χ0) is 12.1. The summed E-state index contributed by atoms with van der Waals surface area (Å²) < 4.78 is 5.29. The van der Waals surface area contributed by atoms with E-state index in [4.69, 9.17) is 4.74 Å². The van der Waals surface area contributed by atoms with Gasteiger partial charge in [0.15, 0.2) is 0 Å². The van der Waals surface area contributed by atoms with E-state index >= 15 is 0 Å². The average molecular weight is 215 g/mol. The zero-order valence-electron chi connectivity index (χ0n) is 10.9. The van der Waals surface area contributed by atoms with Crippen LogP contribution in [0.2, 0.25) is 0 Å². The molecule has 0 aromatic heterocycles. The molecule has 2 atom stereocenters. The lowest BCUT2D eigenvalue weighted by molar-refractivity contribution is -0.159. The maximum Gasteiger partial charge on any atom is 0.310 e. The number of rotatable bonds is 5. The summed E-state index contributed by atoms with van der Waals surface area (Å²) in [7, 11) is 0. The molecule has 0 saturated heterocycles. The van der Waals surface area contributed by atoms with Gasteiger partial charge in [-0.15, -0.1) is 0 Å². The van der Waals surface area contributed by atoms with Crippen molar-refractivity contribution in [2.45, 2.75) is 59.6 Å². The molecule has 1 N–H and O–H groups in total. The lowest BCUT2D eigenvalue weighted by Crippen LogP contribution is -2.36. The second-order valence-corrected chi connectivity index (χ2v) is 5.15. The van der Waals surface area contributed by atoms with Crippen LogP contribution in [0.4, 0.5) is 0 Å². The molecular formula is C12H25NO2. The van der Waals surface area contributed by atoms with Gasteiger partial charge in [0.1, 0.15) is 5.60 Å². The van der Waals surface area contributed by atoms with E-state index in [1.165, 1.54) is 0 Å². The summed E-state index contributed by atoms with van der Waals surface area (Å²) in [6.45, 7) is 12.5. The number of nitrogens with one attached hydrogen (secondary N) is 1. The third-order valence-electron chi connectivity index (χ3n) is 2.19. The topological polar surface area (TPSA) is 38.3 Å². The Labute approximate surface area is 93.6 Å². The highest BCUT2D eigenvalue weighted by atomic mass is 16.6. The van der Waals surface area contributed by atoms with Crippen molar-refractivity contribution in [2.75, 3.05) is 6.54 Å². The van der Waals surface area contributed by atoms with Gasteiger partial charge in [-0.3, -0.25) is 4.79 Å². The van der Waals surface area contributed by atoms with Crippen molar-refractivity contribution in [1.29, 1.82) is 0 Å². The van der Waals surface area contributed by atoms with E-state index in [1.807, 2.05) is 27.7 Å². The standard InChI is InChI=1S/C12H25NO2/c1-7-10(3)13-8-9(2)11(14)15-12(4,5)6/h9-10,13H,7-8H2,1-6H3/t9-,10-/m0/s1. The van der Waals surface area contributed by atoms with E-state index in [1.54, 1.807) is 0 Å². The van der Waals surface area contributed by atoms with Gasteiger partial charge in [0, 0.05) is 12.6 Å². The van der Waals surface area contributed by atoms with Crippen LogP contribution in [0.5, 0.6) is 0 Å². The maximum atomic E-state index is 11.6. The number of hydrogen-bond donors (Lipinski definition) is 1. The Hall–Kier alpha value is -0.570. The molecule has 0 aliphatic carbocycles. The molecule has 0 bridgehead atoms. The van der Waals surface area contributed by atoms with Crippen LogP contribution >= 0.6 is 0 Å². The maximum absolute atomic E-state index is 11.6. The Balaban J connectivity index is 3.90. The van der Waals surface area contributed by atoms with Crippen LogP contribution in [0.25, 0.3) is 0 Å². The van der Waals surface area contributed by atoms with E-state index in [0.29, 0.717) is 12.6 Å². The van der Waals surface area contributed by atoms with Gasteiger partial charge in [0.2, 0.25) is 0 Å². The molecule has 0 amide bonds. The molecule has 3 heteroatoms. The normalized spacial score (nSPS) is 15.9. The Kier molecular flexibility index (Phi) is 5.88. The summed E-state index contributed by atoms with van der Waals surface area (Å²) in [5.41, 5.74) is -0.387. The number of carbonyl (C=O) groups excluding carboxylic acids is 1. The minimum Gasteiger partial charge on any atom is -0.460 e. The third-order valence-corrected chi connectivity index (χ3v) is 2.19. The smallest absolute Gasteiger partial charge is 0.310 e. The van der Waals surface area contributed by atoms with Crippen molar-refractivity contribution in [3.05, 3.63) is 0 Å². The van der Waals surface area contributed by atoms with E-state index in [0.717, 1.165) is 6.42 Å². The fourth-order valence-corrected chi connectivity index (χ4v) is 1.01. The van der Waals surface area contributed by atoms with Gasteiger partial charge in [0.25, 0.3) is 0 Å². The molecule has 90 valence electrons. The fourth-order valence-electron chi connectivity index (χ4n) is 1.01. The molecular weight excluding hydrogens is 190 g/mol. The van der Waals surface area contributed by atoms with Crippen LogP contribution in [0.1, 0.15) is 48.0 Å². The molecule has 0 spiro atoms. The third kappa shape index (κ3) is 7.37. The van der Waals surface area contributed by atoms with Gasteiger partial charge in [-0.1, -0.05) is 13.8 Å². The highest BCUT2D eigenvalue weighted by Gasteiger charge is 2.21. The molecule has 0 rings (SSSR count). The molecule has 0 fully saturated rings. The predicted octanol–water partition coefficient (Wildman–Crippen LogP) is 2.35. The van der Waals surface area contributed by atoms with Crippen molar-refractivity contribution in [1.82, 2.24) is 5.32 Å². The van der Waals surface area contributed by atoms with Crippen LogP contribution < -0.4 is 5.32 Å². The van der Waals surface area contributed by atoms with Crippen LogP contribution in [0, 0.1) is 5.92 Å². The Morgan fingerprint density at radius 2 is 1.87 bits per heavy atom. The molecule has 15 heavy (non-hydrogen) atoms. The number of ether oxygens (including phenoxy) is 1. The second kappa shape index (κ2) is 6.11. The minimum atomic E-state index is -0.387. The van der Waals surface area contributed by atoms with Gasteiger partial charge in [-0.05, 0) is 34.1 Å². The monoisotopic (exact) mass is 215 g/mol. The summed E-state index contributed by atoms with van der Waals surface area (Å²) in [6, 6.07) is 0.454. The van der Waals surface area contributed by atoms with Gasteiger partial charge >= 0.3 is 5.97 Å². The van der Waals surface area contributed by atoms with E-state index in [9.17, 15) is 4.79 Å². The van der Waals surface area contributed by atoms with Crippen molar-refractivity contribution in [3.8, 4) is 0 Å². The van der Waals surface area contributed by atoms with Crippen LogP contribution in [-0.2, 0) is 9.53 Å². The summed E-state index contributed by atoms with van der Waals surface area (Å²) in [5.74, 6) is -0.212. The molecule has 0 saturated carbocycles. The molecule has 0 heterocycles.